The highest BCUT2D eigenvalue weighted by Crippen LogP contribution is 2.23. The number of aryl methyl sites for hydroxylation is 1. The van der Waals surface area contributed by atoms with E-state index in [-0.39, 0.29) is 11.9 Å². The van der Waals surface area contributed by atoms with Crippen molar-refractivity contribution in [2.45, 2.75) is 19.4 Å². The van der Waals surface area contributed by atoms with Crippen molar-refractivity contribution in [2.24, 2.45) is 0 Å². The third-order valence-corrected chi connectivity index (χ3v) is 4.68. The van der Waals surface area contributed by atoms with Gasteiger partial charge in [0.2, 0.25) is 0 Å². The summed E-state index contributed by atoms with van der Waals surface area (Å²) in [5.41, 5.74) is 3.77. The van der Waals surface area contributed by atoms with Crippen molar-refractivity contribution in [3.8, 4) is 0 Å². The number of para-hydroxylation sites is 1. The lowest BCUT2D eigenvalue weighted by Gasteiger charge is -2.35. The SMILES string of the molecule is Cc1[nH]ncc1C(=O)N1CCOCC1Cc1c[nH]c2ccccc12. The van der Waals surface area contributed by atoms with Crippen LogP contribution >= 0.6 is 0 Å². The van der Waals surface area contributed by atoms with Crippen molar-refractivity contribution in [3.05, 3.63) is 53.5 Å². The summed E-state index contributed by atoms with van der Waals surface area (Å²) in [6.07, 6.45) is 4.41. The monoisotopic (exact) mass is 324 g/mol. The molecule has 0 radical (unpaired) electrons. The lowest BCUT2D eigenvalue weighted by atomic mass is 10.0. The molecule has 3 aromatic rings. The van der Waals surface area contributed by atoms with Gasteiger partial charge in [-0.25, -0.2) is 0 Å². The maximum atomic E-state index is 12.9. The molecule has 1 aromatic carbocycles. The quantitative estimate of drug-likeness (QED) is 0.776. The average Bonchev–Trinajstić information content (AvgIpc) is 3.22. The smallest absolute Gasteiger partial charge is 0.257 e. The predicted molar refractivity (Wildman–Crippen MR) is 91.0 cm³/mol. The van der Waals surface area contributed by atoms with Gasteiger partial charge in [0.05, 0.1) is 31.0 Å². The maximum Gasteiger partial charge on any atom is 0.257 e. The Morgan fingerprint density at radius 3 is 3.12 bits per heavy atom. The van der Waals surface area contributed by atoms with Gasteiger partial charge in [0.15, 0.2) is 0 Å². The van der Waals surface area contributed by atoms with E-state index in [1.165, 1.54) is 10.9 Å². The highest BCUT2D eigenvalue weighted by Gasteiger charge is 2.30. The summed E-state index contributed by atoms with van der Waals surface area (Å²) < 4.78 is 5.64. The van der Waals surface area contributed by atoms with E-state index in [2.05, 4.69) is 27.3 Å². The Bertz CT molecular complexity index is 867. The van der Waals surface area contributed by atoms with Crippen LogP contribution in [0.4, 0.5) is 0 Å². The number of hydrogen-bond acceptors (Lipinski definition) is 3. The lowest BCUT2D eigenvalue weighted by molar-refractivity contribution is -0.00159. The number of morpholine rings is 1. The molecule has 124 valence electrons. The molecule has 2 N–H and O–H groups in total. The fraction of sp³-hybridized carbons (Fsp3) is 0.333. The molecule has 0 spiro atoms. The van der Waals surface area contributed by atoms with Gasteiger partial charge in [-0.15, -0.1) is 0 Å². The van der Waals surface area contributed by atoms with E-state index in [0.717, 1.165) is 17.6 Å². The summed E-state index contributed by atoms with van der Waals surface area (Å²) in [5.74, 6) is 0.0226. The van der Waals surface area contributed by atoms with E-state index >= 15 is 0 Å². The summed E-state index contributed by atoms with van der Waals surface area (Å²) in [4.78, 5) is 18.1. The van der Waals surface area contributed by atoms with Crippen LogP contribution in [0, 0.1) is 6.92 Å². The first kappa shape index (κ1) is 15.0. The predicted octanol–water partition coefficient (Wildman–Crippen LogP) is 2.28. The Hall–Kier alpha value is -2.60. The van der Waals surface area contributed by atoms with Gasteiger partial charge in [-0.1, -0.05) is 18.2 Å². The molecule has 2 aromatic heterocycles. The number of amides is 1. The highest BCUT2D eigenvalue weighted by molar-refractivity contribution is 5.95. The van der Waals surface area contributed by atoms with Crippen molar-refractivity contribution in [2.75, 3.05) is 19.8 Å². The van der Waals surface area contributed by atoms with Crippen LogP contribution in [-0.4, -0.2) is 51.8 Å². The van der Waals surface area contributed by atoms with Crippen molar-refractivity contribution in [3.63, 3.8) is 0 Å². The molecular formula is C18H20N4O2. The standard InChI is InChI=1S/C18H20N4O2/c1-12-16(10-20-21-12)18(23)22-6-7-24-11-14(22)8-13-9-19-17-5-3-2-4-15(13)17/h2-5,9-10,14,19H,6-8,11H2,1H3,(H,20,21). The molecule has 6 nitrogen and oxygen atoms in total. The van der Waals surface area contributed by atoms with Crippen molar-refractivity contribution in [1.82, 2.24) is 20.1 Å². The van der Waals surface area contributed by atoms with E-state index in [4.69, 9.17) is 4.74 Å². The van der Waals surface area contributed by atoms with Gasteiger partial charge in [-0.3, -0.25) is 9.89 Å². The molecule has 3 heterocycles. The number of aromatic nitrogens is 3. The Morgan fingerprint density at radius 2 is 2.29 bits per heavy atom. The van der Waals surface area contributed by atoms with Gasteiger partial charge in [-0.05, 0) is 25.0 Å². The molecule has 1 aliphatic heterocycles. The van der Waals surface area contributed by atoms with Gasteiger partial charge in [0.25, 0.3) is 5.91 Å². The number of nitrogens with zero attached hydrogens (tertiary/aromatic N) is 2. The van der Waals surface area contributed by atoms with Gasteiger partial charge in [0, 0.05) is 29.3 Å². The molecule has 1 aliphatic rings. The molecule has 1 amide bonds. The Morgan fingerprint density at radius 1 is 1.42 bits per heavy atom. The minimum Gasteiger partial charge on any atom is -0.377 e. The Balaban J connectivity index is 1.60. The molecule has 1 fully saturated rings. The minimum atomic E-state index is 0.0226. The number of ether oxygens (including phenoxy) is 1. The van der Waals surface area contributed by atoms with Crippen LogP contribution in [0.2, 0.25) is 0 Å². The van der Waals surface area contributed by atoms with Gasteiger partial charge >= 0.3 is 0 Å². The third-order valence-electron chi connectivity index (χ3n) is 4.68. The van der Waals surface area contributed by atoms with Crippen LogP contribution < -0.4 is 0 Å². The summed E-state index contributed by atoms with van der Waals surface area (Å²) in [7, 11) is 0. The first-order valence-corrected chi connectivity index (χ1v) is 8.17. The van der Waals surface area contributed by atoms with E-state index in [1.54, 1.807) is 6.20 Å². The average molecular weight is 324 g/mol. The van der Waals surface area contributed by atoms with Crippen LogP contribution in [0.15, 0.2) is 36.7 Å². The number of fused-ring (bicyclic) bond motifs is 1. The minimum absolute atomic E-state index is 0.0226. The number of carbonyl (C=O) groups excluding carboxylic acids is 1. The number of aromatic amines is 2. The van der Waals surface area contributed by atoms with Crippen molar-refractivity contribution in [1.29, 1.82) is 0 Å². The Labute approximate surface area is 139 Å². The molecule has 1 saturated heterocycles. The van der Waals surface area contributed by atoms with E-state index < -0.39 is 0 Å². The molecule has 1 unspecified atom stereocenters. The third kappa shape index (κ3) is 2.59. The zero-order valence-corrected chi connectivity index (χ0v) is 13.6. The zero-order chi connectivity index (χ0) is 16.5. The second kappa shape index (κ2) is 6.13. The van der Waals surface area contributed by atoms with Gasteiger partial charge in [0.1, 0.15) is 0 Å². The Kier molecular flexibility index (Phi) is 3.82. The molecule has 0 bridgehead atoms. The topological polar surface area (TPSA) is 74.0 Å². The summed E-state index contributed by atoms with van der Waals surface area (Å²) >= 11 is 0. The molecule has 24 heavy (non-hydrogen) atoms. The normalized spacial score (nSPS) is 18.2. The molecular weight excluding hydrogens is 304 g/mol. The van der Waals surface area contributed by atoms with Crippen LogP contribution in [0.1, 0.15) is 21.6 Å². The summed E-state index contributed by atoms with van der Waals surface area (Å²) in [6, 6.07) is 8.25. The number of carbonyl (C=O) groups is 1. The second-order valence-electron chi connectivity index (χ2n) is 6.20. The molecule has 0 saturated carbocycles. The first-order valence-electron chi connectivity index (χ1n) is 8.17. The molecule has 4 rings (SSSR count). The number of nitrogens with one attached hydrogen (secondary N) is 2. The molecule has 0 aliphatic carbocycles. The number of benzene rings is 1. The number of hydrogen-bond donors (Lipinski definition) is 2. The molecule has 6 heteroatoms. The van der Waals surface area contributed by atoms with E-state index in [9.17, 15) is 4.79 Å². The van der Waals surface area contributed by atoms with Gasteiger partial charge < -0.3 is 14.6 Å². The highest BCUT2D eigenvalue weighted by atomic mass is 16.5. The van der Waals surface area contributed by atoms with Crippen molar-refractivity contribution < 1.29 is 9.53 Å². The fourth-order valence-corrected chi connectivity index (χ4v) is 3.37. The number of H-pyrrole nitrogens is 2. The van der Waals surface area contributed by atoms with Crippen LogP contribution in [0.25, 0.3) is 10.9 Å². The maximum absolute atomic E-state index is 12.9. The van der Waals surface area contributed by atoms with Crippen molar-refractivity contribution >= 4 is 16.8 Å². The fourth-order valence-electron chi connectivity index (χ4n) is 3.37. The van der Waals surface area contributed by atoms with Crippen LogP contribution in [0.5, 0.6) is 0 Å². The van der Waals surface area contributed by atoms with Gasteiger partial charge in [-0.2, -0.15) is 5.10 Å². The largest absolute Gasteiger partial charge is 0.377 e. The lowest BCUT2D eigenvalue weighted by Crippen LogP contribution is -2.49. The summed E-state index contributed by atoms with van der Waals surface area (Å²) in [5, 5.41) is 8.01. The second-order valence-corrected chi connectivity index (χ2v) is 6.20. The van der Waals surface area contributed by atoms with E-state index in [1.807, 2.05) is 30.2 Å². The first-order chi connectivity index (χ1) is 11.7. The van der Waals surface area contributed by atoms with E-state index in [0.29, 0.717) is 25.3 Å². The molecule has 1 atom stereocenters. The zero-order valence-electron chi connectivity index (χ0n) is 13.6. The van der Waals surface area contributed by atoms with Crippen LogP contribution in [0.3, 0.4) is 0 Å². The number of rotatable bonds is 3. The van der Waals surface area contributed by atoms with Crippen LogP contribution in [-0.2, 0) is 11.2 Å². The summed E-state index contributed by atoms with van der Waals surface area (Å²) in [6.45, 7) is 3.61.